The van der Waals surface area contributed by atoms with Crippen LogP contribution >= 0.6 is 11.3 Å². The smallest absolute Gasteiger partial charge is 0.341 e. The number of carbonyl (C=O) groups is 1. The number of hydrogen-bond acceptors (Lipinski definition) is 5. The maximum absolute atomic E-state index is 12.3. The molecule has 25 heavy (non-hydrogen) atoms. The average Bonchev–Trinajstić information content (AvgIpc) is 3.07. The molecule has 2 aromatic carbocycles. The van der Waals surface area contributed by atoms with E-state index in [1.165, 1.54) is 0 Å². The first-order valence-electron chi connectivity index (χ1n) is 8.07. The molecule has 0 aliphatic carbocycles. The summed E-state index contributed by atoms with van der Waals surface area (Å²) in [5.41, 5.74) is 3.18. The zero-order chi connectivity index (χ0) is 17.6. The lowest BCUT2D eigenvalue weighted by molar-refractivity contribution is 0.0521. The van der Waals surface area contributed by atoms with Crippen molar-refractivity contribution in [3.8, 4) is 17.0 Å². The van der Waals surface area contributed by atoms with Crippen LogP contribution in [0.1, 0.15) is 27.9 Å². The first kappa shape index (κ1) is 17.2. The van der Waals surface area contributed by atoms with Gasteiger partial charge >= 0.3 is 5.97 Å². The molecule has 0 radical (unpaired) electrons. The second-order valence-corrected chi connectivity index (χ2v) is 6.52. The molecule has 0 unspecified atom stereocenters. The van der Waals surface area contributed by atoms with Gasteiger partial charge in [-0.25, -0.2) is 9.78 Å². The highest BCUT2D eigenvalue weighted by atomic mass is 32.1. The number of thiazole rings is 1. The van der Waals surface area contributed by atoms with Gasteiger partial charge in [-0.15, -0.1) is 11.3 Å². The molecule has 3 aromatic rings. The zero-order valence-electron chi connectivity index (χ0n) is 14.2. The van der Waals surface area contributed by atoms with Gasteiger partial charge in [-0.1, -0.05) is 30.3 Å². The van der Waals surface area contributed by atoms with Crippen molar-refractivity contribution < 1.29 is 14.3 Å². The van der Waals surface area contributed by atoms with Gasteiger partial charge < -0.3 is 9.47 Å². The maximum atomic E-state index is 12.3. The molecule has 0 aliphatic rings. The van der Waals surface area contributed by atoms with Gasteiger partial charge in [0.2, 0.25) is 0 Å². The summed E-state index contributed by atoms with van der Waals surface area (Å²) in [7, 11) is 0. The van der Waals surface area contributed by atoms with Gasteiger partial charge in [0.05, 0.1) is 17.3 Å². The molecule has 0 amide bonds. The van der Waals surface area contributed by atoms with Crippen LogP contribution in [0.5, 0.6) is 5.75 Å². The Hall–Kier alpha value is -2.66. The van der Waals surface area contributed by atoms with Crippen molar-refractivity contribution in [2.75, 3.05) is 6.61 Å². The zero-order valence-corrected chi connectivity index (χ0v) is 15.0. The van der Waals surface area contributed by atoms with Crippen LogP contribution in [0.4, 0.5) is 0 Å². The molecule has 0 fully saturated rings. The number of benzene rings is 2. The topological polar surface area (TPSA) is 48.4 Å². The van der Waals surface area contributed by atoms with E-state index in [0.717, 1.165) is 21.8 Å². The van der Waals surface area contributed by atoms with Crippen molar-refractivity contribution in [2.24, 2.45) is 0 Å². The number of aryl methyl sites for hydroxylation is 1. The van der Waals surface area contributed by atoms with Crippen molar-refractivity contribution in [1.29, 1.82) is 0 Å². The van der Waals surface area contributed by atoms with E-state index in [1.54, 1.807) is 30.4 Å². The van der Waals surface area contributed by atoms with Crippen molar-refractivity contribution in [2.45, 2.75) is 20.5 Å². The van der Waals surface area contributed by atoms with Gasteiger partial charge in [0.15, 0.2) is 0 Å². The third-order valence-electron chi connectivity index (χ3n) is 3.63. The monoisotopic (exact) mass is 353 g/mol. The van der Waals surface area contributed by atoms with E-state index >= 15 is 0 Å². The van der Waals surface area contributed by atoms with Crippen molar-refractivity contribution in [3.63, 3.8) is 0 Å². The number of esters is 1. The number of ether oxygens (including phenoxy) is 2. The Morgan fingerprint density at radius 2 is 1.96 bits per heavy atom. The molecular weight excluding hydrogens is 334 g/mol. The molecule has 1 aromatic heterocycles. The second kappa shape index (κ2) is 7.94. The van der Waals surface area contributed by atoms with Crippen LogP contribution in [0.15, 0.2) is 53.9 Å². The van der Waals surface area contributed by atoms with Crippen LogP contribution in [0, 0.1) is 6.92 Å². The molecular formula is C20H19NO3S. The molecule has 1 heterocycles. The molecule has 4 nitrogen and oxygen atoms in total. The molecule has 0 spiro atoms. The molecule has 3 rings (SSSR count). The van der Waals surface area contributed by atoms with Crippen LogP contribution in [0.3, 0.4) is 0 Å². The lowest BCUT2D eigenvalue weighted by atomic mass is 10.1. The summed E-state index contributed by atoms with van der Waals surface area (Å²) in [5.74, 6) is 0.123. The lowest BCUT2D eigenvalue weighted by Gasteiger charge is -2.12. The quantitative estimate of drug-likeness (QED) is 0.593. The fraction of sp³-hybridized carbons (Fsp3) is 0.200. The fourth-order valence-corrected chi connectivity index (χ4v) is 3.04. The van der Waals surface area contributed by atoms with E-state index in [1.807, 2.05) is 48.7 Å². The van der Waals surface area contributed by atoms with E-state index in [2.05, 4.69) is 4.98 Å². The van der Waals surface area contributed by atoms with E-state index in [4.69, 9.17) is 9.47 Å². The predicted octanol–water partition coefficient (Wildman–Crippen LogP) is 4.87. The number of rotatable bonds is 6. The van der Waals surface area contributed by atoms with Crippen LogP contribution in [0.25, 0.3) is 11.3 Å². The maximum Gasteiger partial charge on any atom is 0.341 e. The minimum absolute atomic E-state index is 0.316. The number of hydrogen-bond donors (Lipinski definition) is 0. The van der Waals surface area contributed by atoms with Gasteiger partial charge in [0.1, 0.15) is 17.9 Å². The van der Waals surface area contributed by atoms with Crippen LogP contribution in [-0.4, -0.2) is 17.6 Å². The van der Waals surface area contributed by atoms with E-state index in [9.17, 15) is 4.79 Å². The molecule has 0 N–H and O–H groups in total. The highest BCUT2D eigenvalue weighted by Crippen LogP contribution is 2.29. The minimum atomic E-state index is -0.389. The summed E-state index contributed by atoms with van der Waals surface area (Å²) < 4.78 is 11.0. The molecule has 128 valence electrons. The van der Waals surface area contributed by atoms with Crippen LogP contribution in [0.2, 0.25) is 0 Å². The summed E-state index contributed by atoms with van der Waals surface area (Å²) in [6.45, 7) is 4.45. The Bertz CT molecular complexity index is 858. The van der Waals surface area contributed by atoms with Crippen molar-refractivity contribution in [1.82, 2.24) is 4.98 Å². The standard InChI is InChI=1S/C20H19NO3S/c1-3-23-20(22)17-11-16(18-13-25-14(2)21-18)9-10-19(17)24-12-15-7-5-4-6-8-15/h4-11,13H,3,12H2,1-2H3. The fourth-order valence-electron chi connectivity index (χ4n) is 2.41. The Labute approximate surface area is 151 Å². The molecule has 0 aliphatic heterocycles. The number of nitrogens with zero attached hydrogens (tertiary/aromatic N) is 1. The number of aromatic nitrogens is 1. The second-order valence-electron chi connectivity index (χ2n) is 5.46. The Balaban J connectivity index is 1.89. The molecule has 0 saturated heterocycles. The van der Waals surface area contributed by atoms with Gasteiger partial charge in [0, 0.05) is 10.9 Å². The number of carbonyl (C=O) groups excluding carboxylic acids is 1. The summed E-state index contributed by atoms with van der Waals surface area (Å²) >= 11 is 1.58. The predicted molar refractivity (Wildman–Crippen MR) is 99.0 cm³/mol. The first-order valence-corrected chi connectivity index (χ1v) is 8.95. The molecule has 0 saturated carbocycles. The minimum Gasteiger partial charge on any atom is -0.488 e. The Kier molecular flexibility index (Phi) is 5.46. The van der Waals surface area contributed by atoms with Crippen LogP contribution in [-0.2, 0) is 11.3 Å². The first-order chi connectivity index (χ1) is 12.2. The molecule has 0 bridgehead atoms. The van der Waals surface area contributed by atoms with E-state index in [-0.39, 0.29) is 5.97 Å². The third-order valence-corrected chi connectivity index (χ3v) is 4.40. The third kappa shape index (κ3) is 4.25. The van der Waals surface area contributed by atoms with Gasteiger partial charge in [0.25, 0.3) is 0 Å². The summed E-state index contributed by atoms with van der Waals surface area (Å²) in [6.07, 6.45) is 0. The summed E-state index contributed by atoms with van der Waals surface area (Å²) in [4.78, 5) is 16.8. The lowest BCUT2D eigenvalue weighted by Crippen LogP contribution is -2.08. The van der Waals surface area contributed by atoms with Gasteiger partial charge in [-0.2, -0.15) is 0 Å². The highest BCUT2D eigenvalue weighted by molar-refractivity contribution is 7.09. The Morgan fingerprint density at radius 1 is 1.16 bits per heavy atom. The molecule has 0 atom stereocenters. The normalized spacial score (nSPS) is 10.5. The van der Waals surface area contributed by atoms with Gasteiger partial charge in [-0.05, 0) is 37.6 Å². The van der Waals surface area contributed by atoms with E-state index < -0.39 is 0 Å². The SMILES string of the molecule is CCOC(=O)c1cc(-c2csc(C)n2)ccc1OCc1ccccc1. The summed E-state index contributed by atoms with van der Waals surface area (Å²) in [5, 5.41) is 2.96. The highest BCUT2D eigenvalue weighted by Gasteiger charge is 2.16. The molecule has 5 heteroatoms. The average molecular weight is 353 g/mol. The largest absolute Gasteiger partial charge is 0.488 e. The summed E-state index contributed by atoms with van der Waals surface area (Å²) in [6, 6.07) is 15.3. The van der Waals surface area contributed by atoms with Crippen molar-refractivity contribution in [3.05, 3.63) is 70.0 Å². The Morgan fingerprint density at radius 3 is 2.64 bits per heavy atom. The van der Waals surface area contributed by atoms with Crippen molar-refractivity contribution >= 4 is 17.3 Å². The van der Waals surface area contributed by atoms with Crippen LogP contribution < -0.4 is 4.74 Å². The van der Waals surface area contributed by atoms with E-state index in [0.29, 0.717) is 24.5 Å². The van der Waals surface area contributed by atoms with Gasteiger partial charge in [-0.3, -0.25) is 0 Å².